The number of carbonyl (C=O) groups excluding carboxylic acids is 2. The molecule has 6 nitrogen and oxygen atoms in total. The first-order chi connectivity index (χ1) is 11.9. The highest BCUT2D eigenvalue weighted by Gasteiger charge is 2.24. The van der Waals surface area contributed by atoms with Gasteiger partial charge in [0.1, 0.15) is 5.56 Å². The van der Waals surface area contributed by atoms with Gasteiger partial charge >= 0.3 is 0 Å². The number of carbonyl (C=O) groups is 2. The summed E-state index contributed by atoms with van der Waals surface area (Å²) in [5, 5.41) is 3.01. The van der Waals surface area contributed by atoms with Gasteiger partial charge in [-0.05, 0) is 43.4 Å². The number of amides is 2. The van der Waals surface area contributed by atoms with Crippen LogP contribution in [-0.4, -0.2) is 16.8 Å². The standard InChI is InChI=1S/C19H21N3O3/c1-11-5-7-12(8-6-11)9-17(23)21-15-3-2-4-16-13(15)10-14(18(20)24)19(25)22-16/h5-8,10,15H,2-4,9H2,1H3,(H2,20,24)(H,21,23)(H,22,25). The SMILES string of the molecule is Cc1ccc(CC(=O)NC2CCCc3[nH]c(=O)c(C(N)=O)cc32)cc1. The molecule has 0 bridgehead atoms. The molecule has 1 aliphatic carbocycles. The molecule has 0 radical (unpaired) electrons. The van der Waals surface area contributed by atoms with E-state index in [2.05, 4.69) is 10.3 Å². The number of nitrogens with one attached hydrogen (secondary N) is 2. The molecular formula is C19H21N3O3. The number of H-pyrrole nitrogens is 1. The van der Waals surface area contributed by atoms with Gasteiger partial charge in [0.2, 0.25) is 5.91 Å². The molecule has 0 saturated carbocycles. The van der Waals surface area contributed by atoms with Gasteiger partial charge in [0.05, 0.1) is 12.5 Å². The van der Waals surface area contributed by atoms with E-state index < -0.39 is 11.5 Å². The van der Waals surface area contributed by atoms with Gasteiger partial charge in [-0.15, -0.1) is 0 Å². The largest absolute Gasteiger partial charge is 0.365 e. The first-order valence-corrected chi connectivity index (χ1v) is 8.35. The van der Waals surface area contributed by atoms with E-state index >= 15 is 0 Å². The summed E-state index contributed by atoms with van der Waals surface area (Å²) in [6.07, 6.45) is 2.62. The number of aromatic amines is 1. The Morgan fingerprint density at radius 1 is 1.28 bits per heavy atom. The van der Waals surface area contributed by atoms with E-state index in [9.17, 15) is 14.4 Å². The second-order valence-corrected chi connectivity index (χ2v) is 6.48. The lowest BCUT2D eigenvalue weighted by Crippen LogP contribution is -2.34. The van der Waals surface area contributed by atoms with Gasteiger partial charge in [0.25, 0.3) is 11.5 Å². The van der Waals surface area contributed by atoms with Crippen LogP contribution < -0.4 is 16.6 Å². The summed E-state index contributed by atoms with van der Waals surface area (Å²) in [5.41, 5.74) is 8.35. The number of nitrogens with two attached hydrogens (primary N) is 1. The van der Waals surface area contributed by atoms with Crippen molar-refractivity contribution in [3.63, 3.8) is 0 Å². The summed E-state index contributed by atoms with van der Waals surface area (Å²) >= 11 is 0. The maximum atomic E-state index is 12.4. The van der Waals surface area contributed by atoms with E-state index in [1.165, 1.54) is 6.07 Å². The van der Waals surface area contributed by atoms with Crippen LogP contribution in [0.15, 0.2) is 35.1 Å². The minimum Gasteiger partial charge on any atom is -0.365 e. The van der Waals surface area contributed by atoms with E-state index in [-0.39, 0.29) is 23.9 Å². The maximum Gasteiger partial charge on any atom is 0.261 e. The summed E-state index contributed by atoms with van der Waals surface area (Å²) in [4.78, 5) is 38.4. The number of rotatable bonds is 4. The smallest absolute Gasteiger partial charge is 0.261 e. The first-order valence-electron chi connectivity index (χ1n) is 8.35. The number of hydrogen-bond acceptors (Lipinski definition) is 3. The predicted octanol–water partition coefficient (Wildman–Crippen LogP) is 1.52. The Labute approximate surface area is 145 Å². The van der Waals surface area contributed by atoms with Crippen molar-refractivity contribution in [2.45, 2.75) is 38.6 Å². The average Bonchev–Trinajstić information content (AvgIpc) is 2.56. The first kappa shape index (κ1) is 17.0. The monoisotopic (exact) mass is 339 g/mol. The number of pyridine rings is 1. The highest BCUT2D eigenvalue weighted by Crippen LogP contribution is 2.28. The molecule has 3 rings (SSSR count). The molecule has 1 atom stereocenters. The topological polar surface area (TPSA) is 105 Å². The Kier molecular flexibility index (Phi) is 4.70. The van der Waals surface area contributed by atoms with Crippen molar-refractivity contribution < 1.29 is 9.59 Å². The maximum absolute atomic E-state index is 12.4. The van der Waals surface area contributed by atoms with Crippen LogP contribution >= 0.6 is 0 Å². The summed E-state index contributed by atoms with van der Waals surface area (Å²) in [6, 6.07) is 9.12. The predicted molar refractivity (Wildman–Crippen MR) is 94.3 cm³/mol. The Hall–Kier alpha value is -2.89. The molecule has 25 heavy (non-hydrogen) atoms. The van der Waals surface area contributed by atoms with Gasteiger partial charge in [-0.25, -0.2) is 0 Å². The fraction of sp³-hybridized carbons (Fsp3) is 0.316. The van der Waals surface area contributed by atoms with Crippen LogP contribution in [0.5, 0.6) is 0 Å². The molecule has 0 aliphatic heterocycles. The summed E-state index contributed by atoms with van der Waals surface area (Å²) in [7, 11) is 0. The Morgan fingerprint density at radius 2 is 2.00 bits per heavy atom. The molecule has 1 aromatic carbocycles. The molecule has 0 fully saturated rings. The summed E-state index contributed by atoms with van der Waals surface area (Å²) in [6.45, 7) is 2.00. The van der Waals surface area contributed by atoms with Gasteiger partial charge in [0.15, 0.2) is 0 Å². The van der Waals surface area contributed by atoms with E-state index in [1.54, 1.807) is 0 Å². The minimum absolute atomic E-state index is 0.0709. The van der Waals surface area contributed by atoms with Gasteiger partial charge in [-0.3, -0.25) is 14.4 Å². The minimum atomic E-state index is -0.764. The highest BCUT2D eigenvalue weighted by molar-refractivity contribution is 5.92. The molecule has 6 heteroatoms. The average molecular weight is 339 g/mol. The molecular weight excluding hydrogens is 318 g/mol. The Balaban J connectivity index is 1.79. The molecule has 4 N–H and O–H groups in total. The van der Waals surface area contributed by atoms with Crippen LogP contribution in [0.25, 0.3) is 0 Å². The second-order valence-electron chi connectivity index (χ2n) is 6.48. The third kappa shape index (κ3) is 3.79. The lowest BCUT2D eigenvalue weighted by molar-refractivity contribution is -0.121. The highest BCUT2D eigenvalue weighted by atomic mass is 16.2. The van der Waals surface area contributed by atoms with Crippen molar-refractivity contribution in [3.8, 4) is 0 Å². The molecule has 130 valence electrons. The van der Waals surface area contributed by atoms with Crippen molar-refractivity contribution >= 4 is 11.8 Å². The molecule has 0 spiro atoms. The number of primary amides is 1. The van der Waals surface area contributed by atoms with Crippen molar-refractivity contribution in [2.75, 3.05) is 0 Å². The van der Waals surface area contributed by atoms with Crippen LogP contribution in [-0.2, 0) is 17.6 Å². The quantitative estimate of drug-likeness (QED) is 0.786. The van der Waals surface area contributed by atoms with E-state index in [0.29, 0.717) is 6.42 Å². The zero-order valence-electron chi connectivity index (χ0n) is 14.1. The van der Waals surface area contributed by atoms with E-state index in [0.717, 1.165) is 35.2 Å². The molecule has 1 heterocycles. The van der Waals surface area contributed by atoms with Crippen molar-refractivity contribution in [1.82, 2.24) is 10.3 Å². The summed E-state index contributed by atoms with van der Waals surface area (Å²) < 4.78 is 0. The van der Waals surface area contributed by atoms with Crippen LogP contribution in [0.1, 0.15) is 51.6 Å². The second kappa shape index (κ2) is 6.93. The summed E-state index contributed by atoms with van der Waals surface area (Å²) in [5.74, 6) is -0.854. The van der Waals surface area contributed by atoms with E-state index in [4.69, 9.17) is 5.73 Å². The lowest BCUT2D eigenvalue weighted by atomic mass is 9.90. The van der Waals surface area contributed by atoms with Crippen molar-refractivity contribution in [3.05, 3.63) is 68.6 Å². The van der Waals surface area contributed by atoms with Gasteiger partial charge in [-0.1, -0.05) is 29.8 Å². The molecule has 2 amide bonds. The van der Waals surface area contributed by atoms with Crippen LogP contribution in [0, 0.1) is 6.92 Å². The number of aryl methyl sites for hydroxylation is 2. The van der Waals surface area contributed by atoms with E-state index in [1.807, 2.05) is 31.2 Å². The molecule has 1 aromatic heterocycles. The molecule has 2 aromatic rings. The van der Waals surface area contributed by atoms with Crippen LogP contribution in [0.3, 0.4) is 0 Å². The lowest BCUT2D eigenvalue weighted by Gasteiger charge is -2.26. The fourth-order valence-corrected chi connectivity index (χ4v) is 3.21. The Bertz CT molecular complexity index is 868. The number of hydrogen-bond donors (Lipinski definition) is 3. The van der Waals surface area contributed by atoms with Gasteiger partial charge in [0, 0.05) is 5.69 Å². The zero-order valence-corrected chi connectivity index (χ0v) is 14.1. The fourth-order valence-electron chi connectivity index (χ4n) is 3.21. The third-order valence-corrected chi connectivity index (χ3v) is 4.54. The molecule has 1 unspecified atom stereocenters. The van der Waals surface area contributed by atoms with Gasteiger partial charge in [-0.2, -0.15) is 0 Å². The van der Waals surface area contributed by atoms with Gasteiger partial charge < -0.3 is 16.0 Å². The third-order valence-electron chi connectivity index (χ3n) is 4.54. The normalized spacial score (nSPS) is 16.1. The molecule has 1 aliphatic rings. The zero-order chi connectivity index (χ0) is 18.0. The Morgan fingerprint density at radius 3 is 2.68 bits per heavy atom. The number of benzene rings is 1. The number of fused-ring (bicyclic) bond motifs is 1. The van der Waals surface area contributed by atoms with Crippen molar-refractivity contribution in [2.24, 2.45) is 5.73 Å². The number of aromatic nitrogens is 1. The van der Waals surface area contributed by atoms with Crippen LogP contribution in [0.4, 0.5) is 0 Å². The molecule has 0 saturated heterocycles. The van der Waals surface area contributed by atoms with Crippen LogP contribution in [0.2, 0.25) is 0 Å². The van der Waals surface area contributed by atoms with Crippen molar-refractivity contribution in [1.29, 1.82) is 0 Å².